The van der Waals surface area contributed by atoms with E-state index in [1.807, 2.05) is 12.1 Å². The predicted octanol–water partition coefficient (Wildman–Crippen LogP) is 2.45. The molecular weight excluding hydrogens is 290 g/mol. The molecule has 0 aliphatic carbocycles. The third kappa shape index (κ3) is 4.75. The van der Waals surface area contributed by atoms with Crippen LogP contribution in [0.2, 0.25) is 5.02 Å². The molecule has 1 aromatic heterocycles. The van der Waals surface area contributed by atoms with Gasteiger partial charge in [-0.2, -0.15) is 4.98 Å². The minimum atomic E-state index is 0.248. The number of nitrogens with one attached hydrogen (secondary N) is 1. The fraction of sp³-hybridized carbons (Fsp3) is 0.357. The van der Waals surface area contributed by atoms with E-state index >= 15 is 0 Å². The van der Waals surface area contributed by atoms with Gasteiger partial charge in [0.25, 0.3) is 0 Å². The van der Waals surface area contributed by atoms with Crippen molar-refractivity contribution in [1.82, 2.24) is 15.5 Å². The molecule has 0 spiro atoms. The van der Waals surface area contributed by atoms with Gasteiger partial charge in [0.15, 0.2) is 5.96 Å². The number of hydrogen-bond acceptors (Lipinski definition) is 4. The van der Waals surface area contributed by atoms with E-state index in [-0.39, 0.29) is 6.54 Å². The van der Waals surface area contributed by atoms with Gasteiger partial charge in [0.05, 0.1) is 0 Å². The van der Waals surface area contributed by atoms with E-state index in [2.05, 4.69) is 34.3 Å². The minimum Gasteiger partial charge on any atom is -0.370 e. The molecule has 2 rings (SSSR count). The van der Waals surface area contributed by atoms with Gasteiger partial charge in [-0.25, -0.2) is 4.99 Å². The maximum absolute atomic E-state index is 5.84. The van der Waals surface area contributed by atoms with Gasteiger partial charge in [-0.3, -0.25) is 0 Å². The molecule has 0 fully saturated rings. The van der Waals surface area contributed by atoms with Crippen LogP contribution in [0.1, 0.15) is 19.7 Å². The highest BCUT2D eigenvalue weighted by molar-refractivity contribution is 6.30. The smallest absolute Gasteiger partial charge is 0.248 e. The van der Waals surface area contributed by atoms with Crippen LogP contribution in [0.15, 0.2) is 33.8 Å². The van der Waals surface area contributed by atoms with Crippen LogP contribution in [0.5, 0.6) is 0 Å². The van der Waals surface area contributed by atoms with E-state index in [1.54, 1.807) is 12.1 Å². The van der Waals surface area contributed by atoms with Gasteiger partial charge in [0.1, 0.15) is 6.54 Å². The normalized spacial score (nSPS) is 11.9. The van der Waals surface area contributed by atoms with Crippen molar-refractivity contribution in [2.75, 3.05) is 6.54 Å². The highest BCUT2D eigenvalue weighted by atomic mass is 35.5. The fourth-order valence-corrected chi connectivity index (χ4v) is 1.68. The SMILES string of the molecule is CC(C)CNC(N)=NCc1nc(-c2ccc(Cl)cc2)no1. The first-order valence-corrected chi connectivity index (χ1v) is 7.04. The van der Waals surface area contributed by atoms with Crippen molar-refractivity contribution < 1.29 is 4.52 Å². The third-order valence-electron chi connectivity index (χ3n) is 2.65. The Labute approximate surface area is 128 Å². The Morgan fingerprint density at radius 2 is 2.10 bits per heavy atom. The zero-order valence-electron chi connectivity index (χ0n) is 12.0. The fourth-order valence-electron chi connectivity index (χ4n) is 1.55. The van der Waals surface area contributed by atoms with Crippen molar-refractivity contribution in [3.05, 3.63) is 35.2 Å². The molecule has 0 unspecified atom stereocenters. The lowest BCUT2D eigenvalue weighted by Crippen LogP contribution is -2.34. The van der Waals surface area contributed by atoms with Crippen LogP contribution in [0, 0.1) is 5.92 Å². The van der Waals surface area contributed by atoms with Gasteiger partial charge >= 0.3 is 0 Å². The minimum absolute atomic E-state index is 0.248. The van der Waals surface area contributed by atoms with E-state index < -0.39 is 0 Å². The number of nitrogens with zero attached hydrogens (tertiary/aromatic N) is 3. The van der Waals surface area contributed by atoms with Gasteiger partial charge in [0, 0.05) is 17.1 Å². The maximum Gasteiger partial charge on any atom is 0.248 e. The second-order valence-corrected chi connectivity index (χ2v) is 5.43. The lowest BCUT2D eigenvalue weighted by atomic mass is 10.2. The van der Waals surface area contributed by atoms with Gasteiger partial charge in [0.2, 0.25) is 11.7 Å². The molecule has 3 N–H and O–H groups in total. The molecule has 0 bridgehead atoms. The molecular formula is C14H18ClN5O. The first-order chi connectivity index (χ1) is 10.0. The predicted molar refractivity (Wildman–Crippen MR) is 82.9 cm³/mol. The number of hydrogen-bond donors (Lipinski definition) is 2. The lowest BCUT2D eigenvalue weighted by molar-refractivity contribution is 0.381. The Bertz CT molecular complexity index is 606. The molecule has 7 heteroatoms. The van der Waals surface area contributed by atoms with Crippen LogP contribution < -0.4 is 11.1 Å². The molecule has 6 nitrogen and oxygen atoms in total. The number of halogens is 1. The van der Waals surface area contributed by atoms with Gasteiger partial charge in [-0.1, -0.05) is 30.6 Å². The van der Waals surface area contributed by atoms with Crippen molar-refractivity contribution >= 4 is 17.6 Å². The summed E-state index contributed by atoms with van der Waals surface area (Å²) in [5.74, 6) is 1.79. The molecule has 21 heavy (non-hydrogen) atoms. The first kappa shape index (κ1) is 15.3. The average Bonchev–Trinajstić information content (AvgIpc) is 2.92. The van der Waals surface area contributed by atoms with Gasteiger partial charge in [-0.15, -0.1) is 0 Å². The molecule has 2 aromatic rings. The van der Waals surface area contributed by atoms with E-state index in [1.165, 1.54) is 0 Å². The summed E-state index contributed by atoms with van der Waals surface area (Å²) in [5, 5.41) is 7.59. The highest BCUT2D eigenvalue weighted by Crippen LogP contribution is 2.18. The summed E-state index contributed by atoms with van der Waals surface area (Å²) in [7, 11) is 0. The van der Waals surface area contributed by atoms with Crippen molar-refractivity contribution in [3.8, 4) is 11.4 Å². The zero-order chi connectivity index (χ0) is 15.2. The molecule has 0 aliphatic heterocycles. The number of nitrogens with two attached hydrogens (primary N) is 1. The molecule has 112 valence electrons. The topological polar surface area (TPSA) is 89.3 Å². The largest absolute Gasteiger partial charge is 0.370 e. The van der Waals surface area contributed by atoms with Gasteiger partial charge in [-0.05, 0) is 30.2 Å². The number of rotatable bonds is 5. The monoisotopic (exact) mass is 307 g/mol. The van der Waals surface area contributed by atoms with Crippen LogP contribution in [0.4, 0.5) is 0 Å². The van der Waals surface area contributed by atoms with Crippen LogP contribution in [0.25, 0.3) is 11.4 Å². The number of aromatic nitrogens is 2. The second kappa shape index (κ2) is 7.08. The Morgan fingerprint density at radius 3 is 2.76 bits per heavy atom. The van der Waals surface area contributed by atoms with E-state index in [0.717, 1.165) is 12.1 Å². The summed E-state index contributed by atoms with van der Waals surface area (Å²) >= 11 is 5.84. The molecule has 0 radical (unpaired) electrons. The van der Waals surface area contributed by atoms with Gasteiger partial charge < -0.3 is 15.6 Å². The number of guanidine groups is 1. The molecule has 0 saturated carbocycles. The third-order valence-corrected chi connectivity index (χ3v) is 2.90. The summed E-state index contributed by atoms with van der Waals surface area (Å²) < 4.78 is 5.14. The van der Waals surface area contributed by atoms with Crippen LogP contribution >= 0.6 is 11.6 Å². The Morgan fingerprint density at radius 1 is 1.38 bits per heavy atom. The van der Waals surface area contributed by atoms with Crippen molar-refractivity contribution in [2.45, 2.75) is 20.4 Å². The van der Waals surface area contributed by atoms with E-state index in [9.17, 15) is 0 Å². The van der Waals surface area contributed by atoms with E-state index in [4.69, 9.17) is 21.9 Å². The van der Waals surface area contributed by atoms with Crippen LogP contribution in [0.3, 0.4) is 0 Å². The standard InChI is InChI=1S/C14H18ClN5O/c1-9(2)7-17-14(16)18-8-12-19-13(20-21-12)10-3-5-11(15)6-4-10/h3-6,9H,7-8H2,1-2H3,(H3,16,17,18). The molecule has 0 aliphatic rings. The summed E-state index contributed by atoms with van der Waals surface area (Å²) in [6.45, 7) is 5.21. The second-order valence-electron chi connectivity index (χ2n) is 4.99. The lowest BCUT2D eigenvalue weighted by Gasteiger charge is -2.06. The zero-order valence-corrected chi connectivity index (χ0v) is 12.8. The van der Waals surface area contributed by atoms with Crippen molar-refractivity contribution in [3.63, 3.8) is 0 Å². The average molecular weight is 308 g/mol. The van der Waals surface area contributed by atoms with Crippen molar-refractivity contribution in [1.29, 1.82) is 0 Å². The summed E-state index contributed by atoms with van der Waals surface area (Å²) in [5.41, 5.74) is 6.58. The molecule has 1 aromatic carbocycles. The Balaban J connectivity index is 1.97. The quantitative estimate of drug-likeness (QED) is 0.654. The van der Waals surface area contributed by atoms with Crippen molar-refractivity contribution in [2.24, 2.45) is 16.6 Å². The summed E-state index contributed by atoms with van der Waals surface area (Å²) in [6.07, 6.45) is 0. The van der Waals surface area contributed by atoms with E-state index in [0.29, 0.717) is 28.6 Å². The Kier molecular flexibility index (Phi) is 5.16. The molecule has 0 saturated heterocycles. The van der Waals surface area contributed by atoms with Crippen LogP contribution in [-0.2, 0) is 6.54 Å². The molecule has 1 heterocycles. The number of aliphatic imine (C=N–C) groups is 1. The summed E-state index contributed by atoms with van der Waals surface area (Å²) in [6, 6.07) is 7.22. The first-order valence-electron chi connectivity index (χ1n) is 6.67. The Hall–Kier alpha value is -2.08. The highest BCUT2D eigenvalue weighted by Gasteiger charge is 2.08. The molecule has 0 amide bonds. The summed E-state index contributed by atoms with van der Waals surface area (Å²) in [4.78, 5) is 8.42. The number of benzene rings is 1. The maximum atomic E-state index is 5.84. The molecule has 0 atom stereocenters. The van der Waals surface area contributed by atoms with Crippen LogP contribution in [-0.4, -0.2) is 22.6 Å².